The molecule has 74 valence electrons. The molecule has 0 aliphatic rings. The van der Waals surface area contributed by atoms with Gasteiger partial charge in [0.2, 0.25) is 0 Å². The van der Waals surface area contributed by atoms with Crippen molar-refractivity contribution in [3.05, 3.63) is 0 Å². The molecular weight excluding hydrogens is 148 g/mol. The largest absolute Gasteiger partial charge is 0.302 e. The molecule has 0 bridgehead atoms. The molecule has 0 radical (unpaired) electrons. The molecule has 0 aromatic heterocycles. The Bertz CT molecular complexity index is 105. The monoisotopic (exact) mass is 172 g/mol. The molecule has 1 unspecified atom stereocenters. The zero-order valence-electron chi connectivity index (χ0n) is 9.20. The minimum atomic E-state index is 0.297. The van der Waals surface area contributed by atoms with Gasteiger partial charge < -0.3 is 10.6 Å². The van der Waals surface area contributed by atoms with Crippen molar-refractivity contribution >= 4 is 0 Å². The fourth-order valence-electron chi connectivity index (χ4n) is 1.18. The van der Waals surface area contributed by atoms with Crippen LogP contribution in [0.25, 0.3) is 0 Å². The smallest absolute Gasteiger partial charge is 0.0621 e. The molecule has 0 spiro atoms. The van der Waals surface area contributed by atoms with E-state index in [0.29, 0.717) is 11.6 Å². The molecule has 2 nitrogen and oxygen atoms in total. The first kappa shape index (κ1) is 11.9. The average molecular weight is 172 g/mol. The fourth-order valence-corrected chi connectivity index (χ4v) is 1.18. The van der Waals surface area contributed by atoms with E-state index in [4.69, 9.17) is 0 Å². The minimum Gasteiger partial charge on any atom is -0.302 e. The first-order valence-corrected chi connectivity index (χ1v) is 4.99. The van der Waals surface area contributed by atoms with Crippen LogP contribution >= 0.6 is 0 Å². The van der Waals surface area contributed by atoms with Crippen LogP contribution in [0.4, 0.5) is 0 Å². The molecule has 0 aromatic rings. The zero-order chi connectivity index (χ0) is 9.61. The Hall–Kier alpha value is -0.0800. The van der Waals surface area contributed by atoms with Crippen LogP contribution in [0.1, 0.15) is 41.0 Å². The van der Waals surface area contributed by atoms with Crippen molar-refractivity contribution in [2.45, 2.75) is 47.2 Å². The molecule has 2 N–H and O–H groups in total. The van der Waals surface area contributed by atoms with Gasteiger partial charge in [-0.3, -0.25) is 0 Å². The van der Waals surface area contributed by atoms with Gasteiger partial charge in [0.1, 0.15) is 0 Å². The SMILES string of the molecule is CCCNC(NCC)C(C)(C)C. The van der Waals surface area contributed by atoms with Crippen LogP contribution in [0.3, 0.4) is 0 Å². The molecule has 0 heterocycles. The molecule has 0 amide bonds. The molecule has 0 fully saturated rings. The van der Waals surface area contributed by atoms with E-state index in [-0.39, 0.29) is 0 Å². The number of rotatable bonds is 5. The van der Waals surface area contributed by atoms with Crippen molar-refractivity contribution in [1.82, 2.24) is 10.6 Å². The molecule has 2 heteroatoms. The molecule has 12 heavy (non-hydrogen) atoms. The third-order valence-electron chi connectivity index (χ3n) is 1.87. The summed E-state index contributed by atoms with van der Waals surface area (Å²) in [5, 5.41) is 6.95. The molecule has 1 atom stereocenters. The molecule has 0 saturated carbocycles. The van der Waals surface area contributed by atoms with Gasteiger partial charge in [-0.2, -0.15) is 0 Å². The number of hydrogen-bond acceptors (Lipinski definition) is 2. The maximum Gasteiger partial charge on any atom is 0.0621 e. The average Bonchev–Trinajstić information content (AvgIpc) is 1.95. The lowest BCUT2D eigenvalue weighted by Gasteiger charge is -2.32. The summed E-state index contributed by atoms with van der Waals surface area (Å²) < 4.78 is 0. The standard InChI is InChI=1S/C10H24N2/c1-6-8-12-9(11-7-2)10(3,4)5/h9,11-12H,6-8H2,1-5H3. The van der Waals surface area contributed by atoms with Gasteiger partial charge in [-0.05, 0) is 24.9 Å². The van der Waals surface area contributed by atoms with Gasteiger partial charge in [0, 0.05) is 0 Å². The second-order valence-electron chi connectivity index (χ2n) is 4.31. The van der Waals surface area contributed by atoms with Crippen LogP contribution in [0, 0.1) is 5.41 Å². The predicted molar refractivity (Wildman–Crippen MR) is 55.2 cm³/mol. The summed E-state index contributed by atoms with van der Waals surface area (Å²) in [5.41, 5.74) is 0.297. The Morgan fingerprint density at radius 3 is 2.00 bits per heavy atom. The third-order valence-corrected chi connectivity index (χ3v) is 1.87. The van der Waals surface area contributed by atoms with E-state index in [1.165, 1.54) is 6.42 Å². The highest BCUT2D eigenvalue weighted by Gasteiger charge is 2.22. The van der Waals surface area contributed by atoms with E-state index in [2.05, 4.69) is 45.3 Å². The predicted octanol–water partition coefficient (Wildman–Crippen LogP) is 1.97. The van der Waals surface area contributed by atoms with Crippen molar-refractivity contribution in [1.29, 1.82) is 0 Å². The van der Waals surface area contributed by atoms with E-state index in [1.54, 1.807) is 0 Å². The van der Waals surface area contributed by atoms with Gasteiger partial charge >= 0.3 is 0 Å². The Kier molecular flexibility index (Phi) is 5.51. The first-order chi connectivity index (χ1) is 5.52. The maximum atomic E-state index is 3.50. The van der Waals surface area contributed by atoms with Crippen molar-refractivity contribution in [3.63, 3.8) is 0 Å². The van der Waals surface area contributed by atoms with Crippen molar-refractivity contribution in [2.24, 2.45) is 5.41 Å². The summed E-state index contributed by atoms with van der Waals surface area (Å²) in [6.07, 6.45) is 1.63. The number of nitrogens with one attached hydrogen (secondary N) is 2. The van der Waals surface area contributed by atoms with E-state index in [1.807, 2.05) is 0 Å². The van der Waals surface area contributed by atoms with E-state index in [9.17, 15) is 0 Å². The number of hydrogen-bond donors (Lipinski definition) is 2. The normalized spacial score (nSPS) is 14.8. The highest BCUT2D eigenvalue weighted by atomic mass is 15.1. The lowest BCUT2D eigenvalue weighted by molar-refractivity contribution is 0.229. The minimum absolute atomic E-state index is 0.297. The lowest BCUT2D eigenvalue weighted by atomic mass is 9.92. The maximum absolute atomic E-state index is 3.50. The van der Waals surface area contributed by atoms with E-state index in [0.717, 1.165) is 13.1 Å². The summed E-state index contributed by atoms with van der Waals surface area (Å²) in [7, 11) is 0. The highest BCUT2D eigenvalue weighted by Crippen LogP contribution is 2.16. The van der Waals surface area contributed by atoms with Crippen LogP contribution < -0.4 is 10.6 Å². The van der Waals surface area contributed by atoms with Gasteiger partial charge in [-0.25, -0.2) is 0 Å². The van der Waals surface area contributed by atoms with Crippen LogP contribution in [0.2, 0.25) is 0 Å². The van der Waals surface area contributed by atoms with Crippen LogP contribution in [-0.2, 0) is 0 Å². The summed E-state index contributed by atoms with van der Waals surface area (Å²) in [6, 6.07) is 0. The van der Waals surface area contributed by atoms with E-state index >= 15 is 0 Å². The summed E-state index contributed by atoms with van der Waals surface area (Å²) >= 11 is 0. The summed E-state index contributed by atoms with van der Waals surface area (Å²) in [4.78, 5) is 0. The first-order valence-electron chi connectivity index (χ1n) is 4.99. The zero-order valence-corrected chi connectivity index (χ0v) is 9.20. The van der Waals surface area contributed by atoms with Gasteiger partial charge in [-0.15, -0.1) is 0 Å². The van der Waals surface area contributed by atoms with E-state index < -0.39 is 0 Å². The lowest BCUT2D eigenvalue weighted by Crippen LogP contribution is -2.51. The van der Waals surface area contributed by atoms with Crippen molar-refractivity contribution < 1.29 is 0 Å². The van der Waals surface area contributed by atoms with Crippen LogP contribution in [0.5, 0.6) is 0 Å². The third kappa shape index (κ3) is 4.73. The molecule has 0 aromatic carbocycles. The summed E-state index contributed by atoms with van der Waals surface area (Å²) in [5.74, 6) is 0. The topological polar surface area (TPSA) is 24.1 Å². The van der Waals surface area contributed by atoms with Gasteiger partial charge in [0.25, 0.3) is 0 Å². The fraction of sp³-hybridized carbons (Fsp3) is 1.00. The highest BCUT2D eigenvalue weighted by molar-refractivity contribution is 4.77. The molecule has 0 saturated heterocycles. The Morgan fingerprint density at radius 1 is 1.08 bits per heavy atom. The van der Waals surface area contributed by atoms with Gasteiger partial charge in [0.05, 0.1) is 6.17 Å². The van der Waals surface area contributed by atoms with Gasteiger partial charge in [0.15, 0.2) is 0 Å². The van der Waals surface area contributed by atoms with Crippen molar-refractivity contribution in [3.8, 4) is 0 Å². The molecular formula is C10H24N2. The Labute approximate surface area is 77.1 Å². The molecule has 0 aliphatic heterocycles. The second kappa shape index (κ2) is 5.55. The summed E-state index contributed by atoms with van der Waals surface area (Å²) in [6.45, 7) is 13.2. The van der Waals surface area contributed by atoms with Crippen molar-refractivity contribution in [2.75, 3.05) is 13.1 Å². The van der Waals surface area contributed by atoms with Crippen LogP contribution in [-0.4, -0.2) is 19.3 Å². The Balaban J connectivity index is 3.86. The second-order valence-corrected chi connectivity index (χ2v) is 4.31. The Morgan fingerprint density at radius 2 is 1.67 bits per heavy atom. The quantitative estimate of drug-likeness (QED) is 0.620. The molecule has 0 aliphatic carbocycles. The molecule has 0 rings (SSSR count). The van der Waals surface area contributed by atoms with Crippen LogP contribution in [0.15, 0.2) is 0 Å². The van der Waals surface area contributed by atoms with Gasteiger partial charge in [-0.1, -0.05) is 34.6 Å².